The van der Waals surface area contributed by atoms with Gasteiger partial charge in [-0.2, -0.15) is 0 Å². The van der Waals surface area contributed by atoms with E-state index in [4.69, 9.17) is 0 Å². The van der Waals surface area contributed by atoms with Crippen molar-refractivity contribution in [3.8, 4) is 0 Å². The third kappa shape index (κ3) is 4.57. The lowest BCUT2D eigenvalue weighted by molar-refractivity contribution is 0.192. The van der Waals surface area contributed by atoms with Gasteiger partial charge in [0.1, 0.15) is 0 Å². The highest BCUT2D eigenvalue weighted by molar-refractivity contribution is 7.74. The zero-order chi connectivity index (χ0) is 7.28. The zero-order valence-corrected chi connectivity index (χ0v) is 6.44. The molecule has 0 radical (unpaired) electrons. The molecule has 0 spiro atoms. The third-order valence-electron chi connectivity index (χ3n) is 1.13. The van der Waals surface area contributed by atoms with Gasteiger partial charge in [0.05, 0.1) is 17.5 Å². The van der Waals surface area contributed by atoms with Crippen LogP contribution in [0.25, 0.3) is 0 Å². The third-order valence-corrected chi connectivity index (χ3v) is 1.55. The molecule has 1 unspecified atom stereocenters. The van der Waals surface area contributed by atoms with E-state index < -0.39 is 11.4 Å². The van der Waals surface area contributed by atoms with Gasteiger partial charge in [0.2, 0.25) is 0 Å². The monoisotopic (exact) mass is 151 g/mol. The van der Waals surface area contributed by atoms with E-state index >= 15 is 0 Å². The molecular weight excluding hydrogens is 140 g/mol. The highest BCUT2D eigenvalue weighted by Crippen LogP contribution is 2.02. The fraction of sp³-hybridized carbons (Fsp3) is 1.00. The average molecular weight is 151 g/mol. The first-order valence-corrected chi connectivity index (χ1v) is 3.97. The lowest BCUT2D eigenvalue weighted by Crippen LogP contribution is -2.11. The molecule has 0 fully saturated rings. The van der Waals surface area contributed by atoms with E-state index in [2.05, 4.69) is 4.18 Å². The summed E-state index contributed by atoms with van der Waals surface area (Å²) in [5.74, 6) is 0. The van der Waals surface area contributed by atoms with Crippen molar-refractivity contribution in [3.63, 3.8) is 0 Å². The van der Waals surface area contributed by atoms with Crippen molar-refractivity contribution in [2.45, 2.75) is 32.8 Å². The molecule has 9 heavy (non-hydrogen) atoms. The molecule has 0 aliphatic heterocycles. The van der Waals surface area contributed by atoms with Crippen molar-refractivity contribution in [2.24, 2.45) is 0 Å². The molecule has 0 aromatic carbocycles. The first-order chi connectivity index (χ1) is 4.20. The molecule has 0 heterocycles. The van der Waals surface area contributed by atoms with Crippen LogP contribution in [0, 0.1) is 0 Å². The largest absolute Gasteiger partial charge is 0.750 e. The van der Waals surface area contributed by atoms with Crippen LogP contribution >= 0.6 is 0 Å². The van der Waals surface area contributed by atoms with E-state index in [1.165, 1.54) is 0 Å². The Kier molecular flexibility index (Phi) is 4.94. The molecule has 0 N–H and O–H groups in total. The quantitative estimate of drug-likeness (QED) is 0.563. The predicted molar refractivity (Wildman–Crippen MR) is 34.4 cm³/mol. The van der Waals surface area contributed by atoms with Gasteiger partial charge in [0.15, 0.2) is 0 Å². The molecule has 3 nitrogen and oxygen atoms in total. The molecule has 1 atom stereocenters. The first kappa shape index (κ1) is 9.07. The van der Waals surface area contributed by atoms with Crippen molar-refractivity contribution < 1.29 is 12.9 Å². The SMILES string of the molecule is CCC(CC)OS(=O)[O-]. The molecule has 0 aromatic rings. The van der Waals surface area contributed by atoms with E-state index in [1.54, 1.807) is 0 Å². The molecule has 0 aliphatic rings. The van der Waals surface area contributed by atoms with Crippen molar-refractivity contribution >= 4 is 11.4 Å². The Labute approximate surface area is 57.9 Å². The topological polar surface area (TPSA) is 49.4 Å². The van der Waals surface area contributed by atoms with Gasteiger partial charge >= 0.3 is 0 Å². The molecule has 0 bridgehead atoms. The van der Waals surface area contributed by atoms with Crippen LogP contribution in [0.3, 0.4) is 0 Å². The van der Waals surface area contributed by atoms with Crippen molar-refractivity contribution in [1.82, 2.24) is 0 Å². The van der Waals surface area contributed by atoms with Gasteiger partial charge in [-0.1, -0.05) is 13.8 Å². The maximum absolute atomic E-state index is 9.91. The highest BCUT2D eigenvalue weighted by atomic mass is 32.2. The number of rotatable bonds is 4. The van der Waals surface area contributed by atoms with E-state index in [-0.39, 0.29) is 6.10 Å². The summed E-state index contributed by atoms with van der Waals surface area (Å²) in [7, 11) is 0. The standard InChI is InChI=1S/C5H12O3S/c1-3-5(4-2)8-9(6)7/h5H,3-4H2,1-2H3,(H,6,7)/p-1. The van der Waals surface area contributed by atoms with Crippen molar-refractivity contribution in [2.75, 3.05) is 0 Å². The van der Waals surface area contributed by atoms with Crippen LogP contribution in [0.5, 0.6) is 0 Å². The van der Waals surface area contributed by atoms with Gasteiger partial charge in [0.25, 0.3) is 0 Å². The van der Waals surface area contributed by atoms with Crippen LogP contribution in [-0.4, -0.2) is 14.9 Å². The van der Waals surface area contributed by atoms with Crippen molar-refractivity contribution in [1.29, 1.82) is 0 Å². The average Bonchev–Trinajstić information content (AvgIpc) is 1.82. The van der Waals surface area contributed by atoms with E-state index in [9.17, 15) is 8.76 Å². The Morgan fingerprint density at radius 2 is 2.00 bits per heavy atom. The maximum Gasteiger partial charge on any atom is 0.0844 e. The fourth-order valence-corrected chi connectivity index (χ4v) is 1.03. The minimum atomic E-state index is -2.35. The Balaban J connectivity index is 3.43. The molecule has 0 amide bonds. The van der Waals surface area contributed by atoms with Crippen LogP contribution in [0.2, 0.25) is 0 Å². The normalized spacial score (nSPS) is 14.2. The minimum Gasteiger partial charge on any atom is -0.750 e. The summed E-state index contributed by atoms with van der Waals surface area (Å²) in [6.45, 7) is 3.78. The van der Waals surface area contributed by atoms with E-state index in [0.29, 0.717) is 0 Å². The second-order valence-electron chi connectivity index (χ2n) is 1.74. The summed E-state index contributed by atoms with van der Waals surface area (Å²) in [5.41, 5.74) is 0. The summed E-state index contributed by atoms with van der Waals surface area (Å²) in [5, 5.41) is 0. The highest BCUT2D eigenvalue weighted by Gasteiger charge is 2.01. The summed E-state index contributed by atoms with van der Waals surface area (Å²) in [6.07, 6.45) is 1.35. The van der Waals surface area contributed by atoms with Gasteiger partial charge in [-0.05, 0) is 12.8 Å². The van der Waals surface area contributed by atoms with E-state index in [0.717, 1.165) is 12.8 Å². The number of hydrogen-bond acceptors (Lipinski definition) is 3. The summed E-state index contributed by atoms with van der Waals surface area (Å²) >= 11 is -2.35. The fourth-order valence-electron chi connectivity index (χ4n) is 0.536. The molecule has 0 aliphatic carbocycles. The van der Waals surface area contributed by atoms with E-state index in [1.807, 2.05) is 13.8 Å². The van der Waals surface area contributed by atoms with Crippen molar-refractivity contribution in [3.05, 3.63) is 0 Å². The predicted octanol–water partition coefficient (Wildman–Crippen LogP) is 0.986. The molecule has 56 valence electrons. The smallest absolute Gasteiger partial charge is 0.0844 e. The van der Waals surface area contributed by atoms with Crippen LogP contribution < -0.4 is 0 Å². The van der Waals surface area contributed by atoms with Crippen LogP contribution in [0.15, 0.2) is 0 Å². The van der Waals surface area contributed by atoms with Gasteiger partial charge in [-0.15, -0.1) is 0 Å². The molecular formula is C5H11O3S-. The molecule has 0 aromatic heterocycles. The second-order valence-corrected chi connectivity index (χ2v) is 2.34. The van der Waals surface area contributed by atoms with Gasteiger partial charge in [-0.3, -0.25) is 4.18 Å². The molecule has 0 saturated carbocycles. The molecule has 0 saturated heterocycles. The Morgan fingerprint density at radius 1 is 1.56 bits per heavy atom. The maximum atomic E-state index is 9.91. The summed E-state index contributed by atoms with van der Waals surface area (Å²) in [4.78, 5) is 0. The molecule has 4 heteroatoms. The minimum absolute atomic E-state index is 0.136. The Morgan fingerprint density at radius 3 is 2.11 bits per heavy atom. The van der Waals surface area contributed by atoms with Gasteiger partial charge in [0, 0.05) is 0 Å². The molecule has 0 rings (SSSR count). The summed E-state index contributed by atoms with van der Waals surface area (Å²) in [6, 6.07) is 0. The summed E-state index contributed by atoms with van der Waals surface area (Å²) < 4.78 is 24.3. The van der Waals surface area contributed by atoms with Crippen LogP contribution in [0.1, 0.15) is 26.7 Å². The first-order valence-electron chi connectivity index (χ1n) is 2.97. The Bertz CT molecular complexity index is 90.2. The second kappa shape index (κ2) is 4.90. The van der Waals surface area contributed by atoms with Gasteiger partial charge < -0.3 is 4.55 Å². The van der Waals surface area contributed by atoms with Crippen LogP contribution in [0.4, 0.5) is 0 Å². The van der Waals surface area contributed by atoms with Crippen LogP contribution in [-0.2, 0) is 15.5 Å². The number of hydrogen-bond donors (Lipinski definition) is 0. The van der Waals surface area contributed by atoms with Gasteiger partial charge in [-0.25, -0.2) is 4.21 Å². The zero-order valence-electron chi connectivity index (χ0n) is 5.62. The Hall–Kier alpha value is 0.0700. The lowest BCUT2D eigenvalue weighted by Gasteiger charge is -2.13. The lowest BCUT2D eigenvalue weighted by atomic mass is 10.2.